The zero-order chi connectivity index (χ0) is 24.4. The van der Waals surface area contributed by atoms with Gasteiger partial charge in [-0.3, -0.25) is 9.69 Å². The van der Waals surface area contributed by atoms with E-state index in [1.807, 2.05) is 17.9 Å². The van der Waals surface area contributed by atoms with Crippen LogP contribution in [-0.4, -0.2) is 53.1 Å². The molecule has 0 N–H and O–H groups in total. The fraction of sp³-hybridized carbons (Fsp3) is 0.500. The average Bonchev–Trinajstić information content (AvgIpc) is 3.18. The number of hydrogen-bond acceptors (Lipinski definition) is 3. The zero-order valence-corrected chi connectivity index (χ0v) is 21.6. The maximum Gasteiger partial charge on any atom is 0.253 e. The van der Waals surface area contributed by atoms with Gasteiger partial charge in [-0.25, -0.2) is 0 Å². The number of carbonyl (C=O) groups is 1. The second-order valence-corrected chi connectivity index (χ2v) is 10.3. The first-order valence-electron chi connectivity index (χ1n) is 13.4. The molecule has 1 fully saturated rings. The van der Waals surface area contributed by atoms with Gasteiger partial charge in [-0.05, 0) is 80.1 Å². The lowest BCUT2D eigenvalue weighted by molar-refractivity contribution is 0.0697. The molecule has 5 nitrogen and oxygen atoms in total. The Hall–Kier alpha value is -2.79. The average molecular weight is 474 g/mol. The SMILES string of the molecule is CCCN1CCc2c(c3cc(C(=O)N4CCC(C)CC4)ccc3n2Cc2ccc(OCC)cc2)C1. The highest BCUT2D eigenvalue weighted by Gasteiger charge is 2.26. The number of hydrogen-bond donors (Lipinski definition) is 0. The minimum atomic E-state index is 0.188. The second-order valence-electron chi connectivity index (χ2n) is 10.3. The molecule has 3 aromatic rings. The summed E-state index contributed by atoms with van der Waals surface area (Å²) < 4.78 is 8.12. The van der Waals surface area contributed by atoms with Gasteiger partial charge >= 0.3 is 0 Å². The highest BCUT2D eigenvalue weighted by atomic mass is 16.5. The van der Waals surface area contributed by atoms with Crippen LogP contribution in [0.1, 0.15) is 67.2 Å². The van der Waals surface area contributed by atoms with Crippen molar-refractivity contribution in [1.29, 1.82) is 0 Å². The number of fused-ring (bicyclic) bond motifs is 3. The van der Waals surface area contributed by atoms with Gasteiger partial charge in [0.05, 0.1) is 6.61 Å². The van der Waals surface area contributed by atoms with E-state index in [0.717, 1.165) is 82.2 Å². The molecule has 35 heavy (non-hydrogen) atoms. The number of carbonyl (C=O) groups excluding carboxylic acids is 1. The molecule has 2 aliphatic rings. The summed E-state index contributed by atoms with van der Waals surface area (Å²) in [5.41, 5.74) is 6.18. The predicted molar refractivity (Wildman–Crippen MR) is 142 cm³/mol. The Morgan fingerprint density at radius 3 is 2.51 bits per heavy atom. The lowest BCUT2D eigenvalue weighted by Gasteiger charge is -2.30. The van der Waals surface area contributed by atoms with Crippen LogP contribution in [0.25, 0.3) is 10.9 Å². The first-order chi connectivity index (χ1) is 17.1. The number of piperidine rings is 1. The normalized spacial score (nSPS) is 17.1. The summed E-state index contributed by atoms with van der Waals surface area (Å²) in [7, 11) is 0. The van der Waals surface area contributed by atoms with Crippen molar-refractivity contribution in [2.24, 2.45) is 5.92 Å². The Bertz CT molecular complexity index is 1170. The number of ether oxygens (including phenoxy) is 1. The van der Waals surface area contributed by atoms with Gasteiger partial charge in [0.15, 0.2) is 0 Å². The Balaban J connectivity index is 1.50. The van der Waals surface area contributed by atoms with Gasteiger partial charge in [-0.2, -0.15) is 0 Å². The maximum absolute atomic E-state index is 13.4. The van der Waals surface area contributed by atoms with Crippen molar-refractivity contribution < 1.29 is 9.53 Å². The molecule has 0 spiro atoms. The van der Waals surface area contributed by atoms with E-state index in [9.17, 15) is 4.79 Å². The third-order valence-electron chi connectivity index (χ3n) is 7.77. The van der Waals surface area contributed by atoms with Gasteiger partial charge in [0.1, 0.15) is 5.75 Å². The van der Waals surface area contributed by atoms with Gasteiger partial charge in [0.2, 0.25) is 0 Å². The van der Waals surface area contributed by atoms with Crippen molar-refractivity contribution >= 4 is 16.8 Å². The highest BCUT2D eigenvalue weighted by Crippen LogP contribution is 2.33. The third-order valence-corrected chi connectivity index (χ3v) is 7.77. The summed E-state index contributed by atoms with van der Waals surface area (Å²) in [5.74, 6) is 1.82. The van der Waals surface area contributed by atoms with Crippen molar-refractivity contribution in [2.75, 3.05) is 32.8 Å². The van der Waals surface area contributed by atoms with Crippen LogP contribution >= 0.6 is 0 Å². The van der Waals surface area contributed by atoms with E-state index in [0.29, 0.717) is 6.61 Å². The van der Waals surface area contributed by atoms with Crippen LogP contribution < -0.4 is 4.74 Å². The summed E-state index contributed by atoms with van der Waals surface area (Å²) >= 11 is 0. The summed E-state index contributed by atoms with van der Waals surface area (Å²) in [5, 5.41) is 1.25. The van der Waals surface area contributed by atoms with E-state index in [2.05, 4.69) is 59.7 Å². The summed E-state index contributed by atoms with van der Waals surface area (Å²) in [4.78, 5) is 18.0. The van der Waals surface area contributed by atoms with Crippen molar-refractivity contribution in [2.45, 2.75) is 59.5 Å². The van der Waals surface area contributed by atoms with Gasteiger partial charge in [-0.1, -0.05) is 26.0 Å². The van der Waals surface area contributed by atoms with Gasteiger partial charge in [0.25, 0.3) is 5.91 Å². The minimum Gasteiger partial charge on any atom is -0.494 e. The van der Waals surface area contributed by atoms with Crippen LogP contribution in [0.3, 0.4) is 0 Å². The summed E-state index contributed by atoms with van der Waals surface area (Å²) in [6.45, 7) is 13.0. The molecule has 3 heterocycles. The largest absolute Gasteiger partial charge is 0.494 e. The molecule has 0 aliphatic carbocycles. The van der Waals surface area contributed by atoms with E-state index >= 15 is 0 Å². The number of benzene rings is 2. The van der Waals surface area contributed by atoms with Crippen LogP contribution in [0.2, 0.25) is 0 Å². The standard InChI is InChI=1S/C30H39N3O2/c1-4-15-31-16-14-29-27(21-31)26-19-24(30(34)32-17-12-22(3)13-18-32)8-11-28(26)33(29)20-23-6-9-25(10-7-23)35-5-2/h6-11,19,22H,4-5,12-18,20-21H2,1-3H3. The first-order valence-corrected chi connectivity index (χ1v) is 13.4. The molecule has 1 saturated heterocycles. The molecule has 0 bridgehead atoms. The molecule has 0 unspecified atom stereocenters. The van der Waals surface area contributed by atoms with Gasteiger partial charge in [0, 0.05) is 61.3 Å². The van der Waals surface area contributed by atoms with Crippen molar-refractivity contribution in [1.82, 2.24) is 14.4 Å². The van der Waals surface area contributed by atoms with Crippen LogP contribution in [-0.2, 0) is 19.5 Å². The Morgan fingerprint density at radius 1 is 1.03 bits per heavy atom. The lowest BCUT2D eigenvalue weighted by atomic mass is 9.98. The van der Waals surface area contributed by atoms with E-state index in [-0.39, 0.29) is 5.91 Å². The predicted octanol–water partition coefficient (Wildman–Crippen LogP) is 5.73. The number of amides is 1. The van der Waals surface area contributed by atoms with Crippen molar-refractivity contribution in [3.8, 4) is 5.75 Å². The van der Waals surface area contributed by atoms with Gasteiger partial charge < -0.3 is 14.2 Å². The summed E-state index contributed by atoms with van der Waals surface area (Å²) in [6.07, 6.45) is 4.42. The fourth-order valence-corrected chi connectivity index (χ4v) is 5.76. The Kier molecular flexibility index (Phi) is 7.14. The molecule has 1 amide bonds. The molecule has 0 saturated carbocycles. The Labute approximate surface area is 209 Å². The third kappa shape index (κ3) is 4.97. The number of aromatic nitrogens is 1. The maximum atomic E-state index is 13.4. The molecule has 1 aromatic heterocycles. The smallest absolute Gasteiger partial charge is 0.253 e. The monoisotopic (exact) mass is 473 g/mol. The molecular weight excluding hydrogens is 434 g/mol. The van der Waals surface area contributed by atoms with E-state index in [1.165, 1.54) is 27.7 Å². The second kappa shape index (κ2) is 10.4. The van der Waals surface area contributed by atoms with Crippen LogP contribution in [0.4, 0.5) is 0 Å². The van der Waals surface area contributed by atoms with Crippen LogP contribution in [0, 0.1) is 5.92 Å². The molecule has 5 heteroatoms. The molecule has 0 radical (unpaired) electrons. The van der Waals surface area contributed by atoms with E-state index in [4.69, 9.17) is 4.74 Å². The summed E-state index contributed by atoms with van der Waals surface area (Å²) in [6, 6.07) is 14.9. The quantitative estimate of drug-likeness (QED) is 0.440. The van der Waals surface area contributed by atoms with Gasteiger partial charge in [-0.15, -0.1) is 0 Å². The van der Waals surface area contributed by atoms with E-state index in [1.54, 1.807) is 0 Å². The molecule has 186 valence electrons. The highest BCUT2D eigenvalue weighted by molar-refractivity contribution is 5.99. The fourth-order valence-electron chi connectivity index (χ4n) is 5.76. The molecule has 2 aromatic carbocycles. The molecule has 0 atom stereocenters. The first kappa shape index (κ1) is 23.9. The minimum absolute atomic E-state index is 0.188. The lowest BCUT2D eigenvalue weighted by Crippen LogP contribution is -2.37. The molecule has 5 rings (SSSR count). The number of rotatable bonds is 7. The van der Waals surface area contributed by atoms with Crippen molar-refractivity contribution in [3.63, 3.8) is 0 Å². The Morgan fingerprint density at radius 2 is 1.80 bits per heavy atom. The number of nitrogens with zero attached hydrogens (tertiary/aromatic N) is 3. The number of likely N-dealkylation sites (tertiary alicyclic amines) is 1. The topological polar surface area (TPSA) is 37.7 Å². The zero-order valence-electron chi connectivity index (χ0n) is 21.6. The molecule has 2 aliphatic heterocycles. The molecular formula is C30H39N3O2. The van der Waals surface area contributed by atoms with E-state index < -0.39 is 0 Å². The van der Waals surface area contributed by atoms with Crippen LogP contribution in [0.5, 0.6) is 5.75 Å². The van der Waals surface area contributed by atoms with Crippen molar-refractivity contribution in [3.05, 3.63) is 64.8 Å². The van der Waals surface area contributed by atoms with Crippen LogP contribution in [0.15, 0.2) is 42.5 Å².